The Labute approximate surface area is 115 Å². The summed E-state index contributed by atoms with van der Waals surface area (Å²) in [6.07, 6.45) is 2.41. The van der Waals surface area contributed by atoms with Crippen molar-refractivity contribution >= 4 is 11.4 Å². The second kappa shape index (κ2) is 5.94. The zero-order valence-corrected chi connectivity index (χ0v) is 11.8. The molecule has 0 saturated carbocycles. The van der Waals surface area contributed by atoms with E-state index >= 15 is 0 Å². The fourth-order valence-electron chi connectivity index (χ4n) is 2.78. The van der Waals surface area contributed by atoms with Crippen molar-refractivity contribution in [2.24, 2.45) is 5.92 Å². The molecular weight excluding hydrogens is 236 g/mol. The molecule has 0 amide bonds. The van der Waals surface area contributed by atoms with Crippen molar-refractivity contribution in [1.82, 2.24) is 4.90 Å². The maximum atomic E-state index is 8.86. The molecule has 1 fully saturated rings. The summed E-state index contributed by atoms with van der Waals surface area (Å²) in [6, 6.07) is 7.70. The fraction of sp³-hybridized carbons (Fsp3) is 0.533. The van der Waals surface area contributed by atoms with E-state index in [-0.39, 0.29) is 0 Å². The predicted molar refractivity (Wildman–Crippen MR) is 79.1 cm³/mol. The summed E-state index contributed by atoms with van der Waals surface area (Å²) in [4.78, 5) is 4.60. The molecular formula is C15H22N4. The average molecular weight is 258 g/mol. The van der Waals surface area contributed by atoms with Gasteiger partial charge in [0.2, 0.25) is 0 Å². The van der Waals surface area contributed by atoms with Gasteiger partial charge in [0, 0.05) is 19.6 Å². The highest BCUT2D eigenvalue weighted by molar-refractivity contribution is 5.69. The van der Waals surface area contributed by atoms with Crippen LogP contribution in [0.5, 0.6) is 0 Å². The lowest BCUT2D eigenvalue weighted by Gasteiger charge is -2.35. The van der Waals surface area contributed by atoms with E-state index in [0.29, 0.717) is 11.3 Å². The Hall–Kier alpha value is -1.73. The predicted octanol–water partition coefficient (Wildman–Crippen LogP) is 1.92. The van der Waals surface area contributed by atoms with Gasteiger partial charge in [-0.05, 0) is 51.1 Å². The number of nitrogen functional groups attached to an aromatic ring is 1. The molecule has 0 aromatic heterocycles. The molecule has 1 aromatic rings. The summed E-state index contributed by atoms with van der Waals surface area (Å²) < 4.78 is 0. The van der Waals surface area contributed by atoms with Crippen LogP contribution in [-0.2, 0) is 0 Å². The third-order valence-electron chi connectivity index (χ3n) is 3.74. The van der Waals surface area contributed by atoms with E-state index in [0.717, 1.165) is 31.2 Å². The minimum atomic E-state index is 0.628. The topological polar surface area (TPSA) is 56.3 Å². The highest BCUT2D eigenvalue weighted by Gasteiger charge is 2.21. The normalized spacial score (nSPS) is 16.6. The van der Waals surface area contributed by atoms with Crippen molar-refractivity contribution in [2.45, 2.75) is 12.8 Å². The molecule has 0 atom stereocenters. The first-order valence-electron chi connectivity index (χ1n) is 6.79. The van der Waals surface area contributed by atoms with Crippen molar-refractivity contribution < 1.29 is 0 Å². The maximum Gasteiger partial charge on any atom is 0.0992 e. The number of nitrogens with zero attached hydrogens (tertiary/aromatic N) is 3. The lowest BCUT2D eigenvalue weighted by Crippen LogP contribution is -2.37. The van der Waals surface area contributed by atoms with Crippen LogP contribution in [0.3, 0.4) is 0 Å². The zero-order valence-electron chi connectivity index (χ0n) is 11.8. The van der Waals surface area contributed by atoms with Gasteiger partial charge in [0.05, 0.1) is 23.0 Å². The summed E-state index contributed by atoms with van der Waals surface area (Å²) in [7, 11) is 4.26. The van der Waals surface area contributed by atoms with Gasteiger partial charge in [-0.3, -0.25) is 0 Å². The molecule has 0 aliphatic carbocycles. The highest BCUT2D eigenvalue weighted by Crippen LogP contribution is 2.28. The van der Waals surface area contributed by atoms with Gasteiger partial charge in [0.15, 0.2) is 0 Å². The number of hydrogen-bond acceptors (Lipinski definition) is 4. The van der Waals surface area contributed by atoms with Gasteiger partial charge >= 0.3 is 0 Å². The molecule has 2 N–H and O–H groups in total. The number of hydrogen-bond donors (Lipinski definition) is 1. The van der Waals surface area contributed by atoms with Crippen LogP contribution in [0.4, 0.5) is 11.4 Å². The number of nitriles is 1. The standard InChI is InChI=1S/C15H22N4/c1-18(2)11-12-5-7-19(8-6-12)15-4-3-13(10-16)9-14(15)17/h3-4,9,12H,5-8,11,17H2,1-2H3. The molecule has 4 nitrogen and oxygen atoms in total. The summed E-state index contributed by atoms with van der Waals surface area (Å²) in [5.41, 5.74) is 8.46. The Balaban J connectivity index is 2.00. The lowest BCUT2D eigenvalue weighted by molar-refractivity contribution is 0.285. The number of rotatable bonds is 3. The molecule has 0 bridgehead atoms. The van der Waals surface area contributed by atoms with E-state index in [1.165, 1.54) is 12.8 Å². The first kappa shape index (κ1) is 13.7. The van der Waals surface area contributed by atoms with Crippen molar-refractivity contribution in [2.75, 3.05) is 44.4 Å². The van der Waals surface area contributed by atoms with Crippen LogP contribution in [0.1, 0.15) is 18.4 Å². The molecule has 102 valence electrons. The number of nitrogens with two attached hydrogens (primary N) is 1. The van der Waals surface area contributed by atoms with Crippen LogP contribution in [0.25, 0.3) is 0 Å². The lowest BCUT2D eigenvalue weighted by atomic mass is 9.96. The zero-order chi connectivity index (χ0) is 13.8. The largest absolute Gasteiger partial charge is 0.397 e. The van der Waals surface area contributed by atoms with Crippen molar-refractivity contribution in [1.29, 1.82) is 5.26 Å². The molecule has 2 rings (SSSR count). The molecule has 1 aliphatic heterocycles. The van der Waals surface area contributed by atoms with E-state index in [2.05, 4.69) is 30.0 Å². The van der Waals surface area contributed by atoms with Crippen LogP contribution in [-0.4, -0.2) is 38.6 Å². The van der Waals surface area contributed by atoms with Gasteiger partial charge in [0.1, 0.15) is 0 Å². The second-order valence-electron chi connectivity index (χ2n) is 5.58. The van der Waals surface area contributed by atoms with Crippen LogP contribution in [0.15, 0.2) is 18.2 Å². The Morgan fingerprint density at radius 2 is 2.05 bits per heavy atom. The highest BCUT2D eigenvalue weighted by atomic mass is 15.1. The minimum absolute atomic E-state index is 0.628. The van der Waals surface area contributed by atoms with E-state index in [1.807, 2.05) is 12.1 Å². The van der Waals surface area contributed by atoms with Crippen molar-refractivity contribution in [3.05, 3.63) is 23.8 Å². The number of anilines is 2. The van der Waals surface area contributed by atoms with Crippen molar-refractivity contribution in [3.8, 4) is 6.07 Å². The third-order valence-corrected chi connectivity index (χ3v) is 3.74. The van der Waals surface area contributed by atoms with Gasteiger partial charge in [-0.25, -0.2) is 0 Å². The summed E-state index contributed by atoms with van der Waals surface area (Å²) >= 11 is 0. The minimum Gasteiger partial charge on any atom is -0.397 e. The third kappa shape index (κ3) is 3.39. The molecule has 0 spiro atoms. The summed E-state index contributed by atoms with van der Waals surface area (Å²) in [5.74, 6) is 0.783. The number of benzene rings is 1. The van der Waals surface area contributed by atoms with Crippen LogP contribution in [0.2, 0.25) is 0 Å². The molecule has 1 aromatic carbocycles. The van der Waals surface area contributed by atoms with Crippen molar-refractivity contribution in [3.63, 3.8) is 0 Å². The van der Waals surface area contributed by atoms with E-state index < -0.39 is 0 Å². The van der Waals surface area contributed by atoms with Crippen LogP contribution in [0, 0.1) is 17.2 Å². The van der Waals surface area contributed by atoms with Gasteiger partial charge in [-0.15, -0.1) is 0 Å². The Morgan fingerprint density at radius 1 is 1.37 bits per heavy atom. The first-order chi connectivity index (χ1) is 9.10. The summed E-state index contributed by atoms with van der Waals surface area (Å²) in [5, 5.41) is 8.86. The van der Waals surface area contributed by atoms with E-state index in [4.69, 9.17) is 11.0 Å². The molecule has 4 heteroatoms. The quantitative estimate of drug-likeness (QED) is 0.842. The fourth-order valence-corrected chi connectivity index (χ4v) is 2.78. The van der Waals surface area contributed by atoms with E-state index in [9.17, 15) is 0 Å². The average Bonchev–Trinajstić information content (AvgIpc) is 2.39. The Kier molecular flexibility index (Phi) is 4.28. The van der Waals surface area contributed by atoms with Crippen LogP contribution >= 0.6 is 0 Å². The molecule has 19 heavy (non-hydrogen) atoms. The first-order valence-corrected chi connectivity index (χ1v) is 6.79. The van der Waals surface area contributed by atoms with Gasteiger partial charge < -0.3 is 15.5 Å². The van der Waals surface area contributed by atoms with Gasteiger partial charge in [-0.1, -0.05) is 0 Å². The smallest absolute Gasteiger partial charge is 0.0992 e. The van der Waals surface area contributed by atoms with Crippen LogP contribution < -0.4 is 10.6 Å². The number of piperidine rings is 1. The molecule has 1 aliphatic rings. The van der Waals surface area contributed by atoms with Gasteiger partial charge in [-0.2, -0.15) is 5.26 Å². The van der Waals surface area contributed by atoms with Gasteiger partial charge in [0.25, 0.3) is 0 Å². The monoisotopic (exact) mass is 258 g/mol. The van der Waals surface area contributed by atoms with E-state index in [1.54, 1.807) is 6.07 Å². The molecule has 0 radical (unpaired) electrons. The molecule has 1 heterocycles. The molecule has 0 unspecified atom stereocenters. The Bertz CT molecular complexity index is 468. The SMILES string of the molecule is CN(C)CC1CCN(c2ccc(C#N)cc2N)CC1. The Morgan fingerprint density at radius 3 is 2.58 bits per heavy atom. The maximum absolute atomic E-state index is 8.86. The molecule has 1 saturated heterocycles. The summed E-state index contributed by atoms with van der Waals surface area (Å²) in [6.45, 7) is 3.26. The second-order valence-corrected chi connectivity index (χ2v) is 5.58.